The van der Waals surface area contributed by atoms with Crippen LogP contribution in [0.2, 0.25) is 0 Å². The van der Waals surface area contributed by atoms with E-state index in [1.165, 1.54) is 17.7 Å². The molecule has 2 aromatic carbocycles. The lowest BCUT2D eigenvalue weighted by Gasteiger charge is -2.15. The zero-order valence-corrected chi connectivity index (χ0v) is 12.4. The molecule has 0 aliphatic carbocycles. The van der Waals surface area contributed by atoms with E-state index in [1.54, 1.807) is 0 Å². The maximum absolute atomic E-state index is 13.0. The zero-order valence-electron chi connectivity index (χ0n) is 12.4. The molecule has 0 heterocycles. The van der Waals surface area contributed by atoms with Gasteiger partial charge >= 0.3 is 0 Å². The number of rotatable bonds is 7. The van der Waals surface area contributed by atoms with Crippen LogP contribution >= 0.6 is 0 Å². The highest BCUT2D eigenvalue weighted by molar-refractivity contribution is 5.30. The van der Waals surface area contributed by atoms with E-state index in [0.29, 0.717) is 6.54 Å². The lowest BCUT2D eigenvalue weighted by Crippen LogP contribution is -2.15. The van der Waals surface area contributed by atoms with Gasteiger partial charge in [0.05, 0.1) is 6.61 Å². The molecule has 0 aliphatic heterocycles. The van der Waals surface area contributed by atoms with Crippen LogP contribution < -0.4 is 10.5 Å². The molecule has 2 aromatic rings. The van der Waals surface area contributed by atoms with Gasteiger partial charge in [0.2, 0.25) is 0 Å². The standard InChI is InChI=1S/C18H22FNO/c1-2-11-21-18-9-3-14(4-10-18)12-16(13-20)15-5-7-17(19)8-6-15/h3-10,16H,2,11-13,20H2,1H3. The van der Waals surface area contributed by atoms with E-state index in [4.69, 9.17) is 10.5 Å². The van der Waals surface area contributed by atoms with Gasteiger partial charge in [0.25, 0.3) is 0 Å². The van der Waals surface area contributed by atoms with E-state index < -0.39 is 0 Å². The number of halogens is 1. The van der Waals surface area contributed by atoms with Crippen LogP contribution in [0.5, 0.6) is 5.75 Å². The average Bonchev–Trinajstić information content (AvgIpc) is 2.53. The van der Waals surface area contributed by atoms with Crippen molar-refractivity contribution in [3.8, 4) is 5.75 Å². The summed E-state index contributed by atoms with van der Waals surface area (Å²) in [7, 11) is 0. The van der Waals surface area contributed by atoms with Gasteiger partial charge in [-0.15, -0.1) is 0 Å². The Balaban J connectivity index is 2.02. The quantitative estimate of drug-likeness (QED) is 0.838. The van der Waals surface area contributed by atoms with Crippen molar-refractivity contribution in [3.05, 3.63) is 65.5 Å². The minimum atomic E-state index is -0.216. The van der Waals surface area contributed by atoms with Crippen molar-refractivity contribution in [3.63, 3.8) is 0 Å². The van der Waals surface area contributed by atoms with Crippen molar-refractivity contribution < 1.29 is 9.13 Å². The Morgan fingerprint density at radius 2 is 1.71 bits per heavy atom. The highest BCUT2D eigenvalue weighted by atomic mass is 19.1. The van der Waals surface area contributed by atoms with Gasteiger partial charge < -0.3 is 10.5 Å². The Kier molecular flexibility index (Phi) is 5.76. The summed E-state index contributed by atoms with van der Waals surface area (Å²) in [6.45, 7) is 3.36. The molecule has 0 bridgehead atoms. The first-order valence-electron chi connectivity index (χ1n) is 7.40. The molecule has 0 saturated heterocycles. The number of ether oxygens (including phenoxy) is 1. The van der Waals surface area contributed by atoms with Crippen molar-refractivity contribution in [1.82, 2.24) is 0 Å². The molecule has 0 fully saturated rings. The topological polar surface area (TPSA) is 35.2 Å². The fourth-order valence-electron chi connectivity index (χ4n) is 2.30. The van der Waals surface area contributed by atoms with E-state index in [1.807, 2.05) is 24.3 Å². The smallest absolute Gasteiger partial charge is 0.123 e. The first kappa shape index (κ1) is 15.5. The number of benzene rings is 2. The zero-order chi connectivity index (χ0) is 15.1. The fourth-order valence-corrected chi connectivity index (χ4v) is 2.30. The molecular weight excluding hydrogens is 265 g/mol. The molecule has 112 valence electrons. The molecule has 0 saturated carbocycles. The maximum Gasteiger partial charge on any atom is 0.123 e. The number of hydrogen-bond acceptors (Lipinski definition) is 2. The van der Waals surface area contributed by atoms with E-state index in [2.05, 4.69) is 19.1 Å². The summed E-state index contributed by atoms with van der Waals surface area (Å²) < 4.78 is 18.6. The van der Waals surface area contributed by atoms with Gasteiger partial charge in [0.1, 0.15) is 11.6 Å². The summed E-state index contributed by atoms with van der Waals surface area (Å²) in [5.41, 5.74) is 8.15. The predicted molar refractivity (Wildman–Crippen MR) is 84.1 cm³/mol. The molecule has 21 heavy (non-hydrogen) atoms. The summed E-state index contributed by atoms with van der Waals surface area (Å²) >= 11 is 0. The Hall–Kier alpha value is -1.87. The van der Waals surface area contributed by atoms with Crippen LogP contribution in [-0.4, -0.2) is 13.2 Å². The largest absolute Gasteiger partial charge is 0.494 e. The van der Waals surface area contributed by atoms with E-state index in [-0.39, 0.29) is 11.7 Å². The van der Waals surface area contributed by atoms with Crippen molar-refractivity contribution in [2.45, 2.75) is 25.7 Å². The molecule has 2 rings (SSSR count). The Bertz CT molecular complexity index is 536. The number of nitrogens with two attached hydrogens (primary N) is 1. The Labute approximate surface area is 125 Å². The fraction of sp³-hybridized carbons (Fsp3) is 0.333. The maximum atomic E-state index is 13.0. The second kappa shape index (κ2) is 7.79. The van der Waals surface area contributed by atoms with Crippen molar-refractivity contribution in [1.29, 1.82) is 0 Å². The Morgan fingerprint density at radius 1 is 1.05 bits per heavy atom. The van der Waals surface area contributed by atoms with Gasteiger partial charge in [-0.25, -0.2) is 4.39 Å². The normalized spacial score (nSPS) is 12.1. The number of hydrogen-bond donors (Lipinski definition) is 1. The summed E-state index contributed by atoms with van der Waals surface area (Å²) in [4.78, 5) is 0. The molecule has 3 heteroatoms. The second-order valence-corrected chi connectivity index (χ2v) is 5.18. The summed E-state index contributed by atoms with van der Waals surface area (Å²) in [5.74, 6) is 0.881. The monoisotopic (exact) mass is 287 g/mol. The van der Waals surface area contributed by atoms with E-state index in [0.717, 1.165) is 30.8 Å². The van der Waals surface area contributed by atoms with Crippen LogP contribution in [0, 0.1) is 5.82 Å². The van der Waals surface area contributed by atoms with Crippen LogP contribution in [0.25, 0.3) is 0 Å². The third-order valence-electron chi connectivity index (χ3n) is 3.50. The van der Waals surface area contributed by atoms with Crippen LogP contribution in [0.15, 0.2) is 48.5 Å². The average molecular weight is 287 g/mol. The first-order valence-corrected chi connectivity index (χ1v) is 7.40. The predicted octanol–water partition coefficient (Wildman–Crippen LogP) is 3.90. The highest BCUT2D eigenvalue weighted by Crippen LogP contribution is 2.22. The van der Waals surface area contributed by atoms with E-state index in [9.17, 15) is 4.39 Å². The molecule has 2 nitrogen and oxygen atoms in total. The molecular formula is C18H22FNO. The highest BCUT2D eigenvalue weighted by Gasteiger charge is 2.11. The third-order valence-corrected chi connectivity index (χ3v) is 3.50. The van der Waals surface area contributed by atoms with Gasteiger partial charge in [-0.3, -0.25) is 0 Å². The first-order chi connectivity index (χ1) is 10.2. The molecule has 1 atom stereocenters. The van der Waals surface area contributed by atoms with Gasteiger partial charge in [-0.05, 0) is 54.8 Å². The van der Waals surface area contributed by atoms with Crippen LogP contribution in [0.3, 0.4) is 0 Å². The van der Waals surface area contributed by atoms with Crippen LogP contribution in [0.1, 0.15) is 30.4 Å². The van der Waals surface area contributed by atoms with Crippen molar-refractivity contribution in [2.24, 2.45) is 5.73 Å². The summed E-state index contributed by atoms with van der Waals surface area (Å²) in [5, 5.41) is 0. The molecule has 0 radical (unpaired) electrons. The van der Waals surface area contributed by atoms with Crippen molar-refractivity contribution >= 4 is 0 Å². The molecule has 0 aliphatic rings. The lowest BCUT2D eigenvalue weighted by atomic mass is 9.92. The van der Waals surface area contributed by atoms with Gasteiger partial charge in [0.15, 0.2) is 0 Å². The minimum absolute atomic E-state index is 0.202. The third kappa shape index (κ3) is 4.57. The molecule has 0 amide bonds. The Morgan fingerprint density at radius 3 is 2.29 bits per heavy atom. The van der Waals surface area contributed by atoms with Gasteiger partial charge in [-0.1, -0.05) is 31.2 Å². The van der Waals surface area contributed by atoms with E-state index >= 15 is 0 Å². The minimum Gasteiger partial charge on any atom is -0.494 e. The van der Waals surface area contributed by atoms with Crippen LogP contribution in [-0.2, 0) is 6.42 Å². The molecule has 1 unspecified atom stereocenters. The summed E-state index contributed by atoms with van der Waals surface area (Å²) in [6.07, 6.45) is 1.84. The summed E-state index contributed by atoms with van der Waals surface area (Å²) in [6, 6.07) is 14.7. The SMILES string of the molecule is CCCOc1ccc(CC(CN)c2ccc(F)cc2)cc1. The second-order valence-electron chi connectivity index (χ2n) is 5.18. The molecule has 2 N–H and O–H groups in total. The van der Waals surface area contributed by atoms with Crippen LogP contribution in [0.4, 0.5) is 4.39 Å². The van der Waals surface area contributed by atoms with Gasteiger partial charge in [0, 0.05) is 5.92 Å². The molecule has 0 aromatic heterocycles. The lowest BCUT2D eigenvalue weighted by molar-refractivity contribution is 0.317. The van der Waals surface area contributed by atoms with Crippen molar-refractivity contribution in [2.75, 3.05) is 13.2 Å². The molecule has 0 spiro atoms. The van der Waals surface area contributed by atoms with Gasteiger partial charge in [-0.2, -0.15) is 0 Å².